The molecule has 0 saturated carbocycles. The van der Waals surface area contributed by atoms with Crippen molar-refractivity contribution >= 4 is 17.3 Å². The Hall–Kier alpha value is -2.36. The molecule has 0 spiro atoms. The van der Waals surface area contributed by atoms with E-state index in [9.17, 15) is 4.79 Å². The molecule has 0 fully saturated rings. The summed E-state index contributed by atoms with van der Waals surface area (Å²) >= 11 is 0. The van der Waals surface area contributed by atoms with Gasteiger partial charge in [-0.05, 0) is 56.2 Å². The summed E-state index contributed by atoms with van der Waals surface area (Å²) in [5.41, 5.74) is 4.51. The molecule has 4 nitrogen and oxygen atoms in total. The van der Waals surface area contributed by atoms with Crippen LogP contribution in [-0.2, 0) is 0 Å². The van der Waals surface area contributed by atoms with Crippen LogP contribution in [0.4, 0.5) is 11.4 Å². The van der Waals surface area contributed by atoms with E-state index in [1.807, 2.05) is 39.0 Å². The van der Waals surface area contributed by atoms with Crippen LogP contribution in [0.3, 0.4) is 0 Å². The number of aromatic nitrogens is 1. The van der Waals surface area contributed by atoms with E-state index in [0.717, 1.165) is 29.0 Å². The van der Waals surface area contributed by atoms with Gasteiger partial charge in [-0.2, -0.15) is 0 Å². The Kier molecular flexibility index (Phi) is 4.58. The number of rotatable bonds is 4. The van der Waals surface area contributed by atoms with Crippen molar-refractivity contribution in [1.29, 1.82) is 0 Å². The summed E-state index contributed by atoms with van der Waals surface area (Å²) in [6, 6.07) is 9.73. The van der Waals surface area contributed by atoms with Gasteiger partial charge in [-0.3, -0.25) is 9.78 Å². The number of amides is 1. The molecular formula is C17H21N3O. The van der Waals surface area contributed by atoms with E-state index in [4.69, 9.17) is 0 Å². The molecule has 0 saturated heterocycles. The first-order valence-corrected chi connectivity index (χ1v) is 7.07. The van der Waals surface area contributed by atoms with Gasteiger partial charge >= 0.3 is 0 Å². The zero-order chi connectivity index (χ0) is 15.4. The second-order valence-electron chi connectivity index (χ2n) is 5.17. The van der Waals surface area contributed by atoms with Crippen LogP contribution in [0.2, 0.25) is 0 Å². The van der Waals surface area contributed by atoms with Gasteiger partial charge in [0.15, 0.2) is 0 Å². The Balaban J connectivity index is 2.28. The number of hydrogen-bond donors (Lipinski definition) is 1. The maximum atomic E-state index is 12.6. The molecule has 4 heteroatoms. The van der Waals surface area contributed by atoms with E-state index in [0.29, 0.717) is 5.69 Å². The lowest BCUT2D eigenvalue weighted by Gasteiger charge is -2.18. The third-order valence-corrected chi connectivity index (χ3v) is 3.26. The molecule has 0 aliphatic heterocycles. The average molecular weight is 283 g/mol. The fraction of sp³-hybridized carbons (Fsp3) is 0.294. The molecular weight excluding hydrogens is 262 g/mol. The van der Waals surface area contributed by atoms with Gasteiger partial charge in [-0.1, -0.05) is 6.07 Å². The Morgan fingerprint density at radius 1 is 1.19 bits per heavy atom. The Bertz CT molecular complexity index is 632. The van der Waals surface area contributed by atoms with Crippen LogP contribution in [0.5, 0.6) is 0 Å². The molecule has 110 valence electrons. The molecule has 21 heavy (non-hydrogen) atoms. The van der Waals surface area contributed by atoms with Gasteiger partial charge < -0.3 is 10.2 Å². The minimum Gasteiger partial charge on any atom is -0.385 e. The standard InChI is InChI=1S/C17H21N3O/c1-5-18-14-6-7-19-16(11-14)17(21)20(4)15-9-12(2)8-13(3)10-15/h6-11H,5H2,1-4H3,(H,18,19). The Labute approximate surface area is 125 Å². The largest absolute Gasteiger partial charge is 0.385 e. The molecule has 0 unspecified atom stereocenters. The molecule has 1 aromatic heterocycles. The predicted octanol–water partition coefficient (Wildman–Crippen LogP) is 3.41. The van der Waals surface area contributed by atoms with Gasteiger partial charge in [-0.15, -0.1) is 0 Å². The normalized spacial score (nSPS) is 10.3. The fourth-order valence-electron chi connectivity index (χ4n) is 2.29. The summed E-state index contributed by atoms with van der Waals surface area (Å²) in [5, 5.41) is 3.19. The van der Waals surface area contributed by atoms with Crippen LogP contribution in [-0.4, -0.2) is 24.5 Å². The number of hydrogen-bond acceptors (Lipinski definition) is 3. The summed E-state index contributed by atoms with van der Waals surface area (Å²) < 4.78 is 0. The van der Waals surface area contributed by atoms with E-state index in [-0.39, 0.29) is 5.91 Å². The van der Waals surface area contributed by atoms with Crippen molar-refractivity contribution in [1.82, 2.24) is 4.98 Å². The number of nitrogens with one attached hydrogen (secondary N) is 1. The lowest BCUT2D eigenvalue weighted by atomic mass is 10.1. The van der Waals surface area contributed by atoms with E-state index >= 15 is 0 Å². The topological polar surface area (TPSA) is 45.2 Å². The maximum absolute atomic E-state index is 12.6. The third-order valence-electron chi connectivity index (χ3n) is 3.26. The first-order valence-electron chi connectivity index (χ1n) is 7.07. The van der Waals surface area contributed by atoms with Gasteiger partial charge in [0.2, 0.25) is 0 Å². The monoisotopic (exact) mass is 283 g/mol. The average Bonchev–Trinajstić information content (AvgIpc) is 2.45. The molecule has 0 radical (unpaired) electrons. The number of pyridine rings is 1. The number of carbonyl (C=O) groups is 1. The highest BCUT2D eigenvalue weighted by Gasteiger charge is 2.15. The van der Waals surface area contributed by atoms with Crippen LogP contribution in [0, 0.1) is 13.8 Å². The maximum Gasteiger partial charge on any atom is 0.276 e. The summed E-state index contributed by atoms with van der Waals surface area (Å²) in [4.78, 5) is 18.4. The summed E-state index contributed by atoms with van der Waals surface area (Å²) in [5.74, 6) is -0.111. The van der Waals surface area contributed by atoms with Crippen molar-refractivity contribution < 1.29 is 4.79 Å². The van der Waals surface area contributed by atoms with Crippen LogP contribution < -0.4 is 10.2 Å². The van der Waals surface area contributed by atoms with E-state index in [2.05, 4.69) is 16.4 Å². The number of anilines is 2. The smallest absolute Gasteiger partial charge is 0.276 e. The molecule has 0 atom stereocenters. The number of carbonyl (C=O) groups excluding carboxylic acids is 1. The van der Waals surface area contributed by atoms with Crippen molar-refractivity contribution in [2.75, 3.05) is 23.8 Å². The minimum absolute atomic E-state index is 0.111. The highest BCUT2D eigenvalue weighted by Crippen LogP contribution is 2.19. The number of aryl methyl sites for hydroxylation is 2. The fourth-order valence-corrected chi connectivity index (χ4v) is 2.29. The lowest BCUT2D eigenvalue weighted by molar-refractivity contribution is 0.0988. The molecule has 2 aromatic rings. The number of benzene rings is 1. The first kappa shape index (κ1) is 15.0. The third kappa shape index (κ3) is 3.60. The second-order valence-corrected chi connectivity index (χ2v) is 5.17. The Morgan fingerprint density at radius 2 is 1.86 bits per heavy atom. The van der Waals surface area contributed by atoms with E-state index in [1.54, 1.807) is 24.2 Å². The SMILES string of the molecule is CCNc1ccnc(C(=O)N(C)c2cc(C)cc(C)c2)c1. The quantitative estimate of drug-likeness (QED) is 0.935. The van der Waals surface area contributed by atoms with Crippen LogP contribution in [0.25, 0.3) is 0 Å². The van der Waals surface area contributed by atoms with E-state index < -0.39 is 0 Å². The van der Waals surface area contributed by atoms with Crippen molar-refractivity contribution in [2.45, 2.75) is 20.8 Å². The minimum atomic E-state index is -0.111. The van der Waals surface area contributed by atoms with Crippen LogP contribution in [0.1, 0.15) is 28.5 Å². The highest BCUT2D eigenvalue weighted by molar-refractivity contribution is 6.04. The van der Waals surface area contributed by atoms with Gasteiger partial charge in [0.1, 0.15) is 5.69 Å². The molecule has 1 N–H and O–H groups in total. The molecule has 0 bridgehead atoms. The molecule has 1 aromatic carbocycles. The van der Waals surface area contributed by atoms with Crippen molar-refractivity contribution in [2.24, 2.45) is 0 Å². The van der Waals surface area contributed by atoms with Crippen molar-refractivity contribution in [3.63, 3.8) is 0 Å². The summed E-state index contributed by atoms with van der Waals surface area (Å²) in [6.07, 6.45) is 1.65. The zero-order valence-electron chi connectivity index (χ0n) is 13.0. The van der Waals surface area contributed by atoms with E-state index in [1.165, 1.54) is 0 Å². The van der Waals surface area contributed by atoms with Crippen molar-refractivity contribution in [3.8, 4) is 0 Å². The zero-order valence-corrected chi connectivity index (χ0v) is 13.0. The van der Waals surface area contributed by atoms with Gasteiger partial charge in [-0.25, -0.2) is 0 Å². The molecule has 0 aliphatic rings. The van der Waals surface area contributed by atoms with Gasteiger partial charge in [0.25, 0.3) is 5.91 Å². The van der Waals surface area contributed by atoms with Crippen molar-refractivity contribution in [3.05, 3.63) is 53.3 Å². The lowest BCUT2D eigenvalue weighted by Crippen LogP contribution is -2.27. The molecule has 1 amide bonds. The summed E-state index contributed by atoms with van der Waals surface area (Å²) in [6.45, 7) is 6.88. The summed E-state index contributed by atoms with van der Waals surface area (Å²) in [7, 11) is 1.78. The van der Waals surface area contributed by atoms with Gasteiger partial charge in [0.05, 0.1) is 0 Å². The molecule has 0 aliphatic carbocycles. The van der Waals surface area contributed by atoms with Crippen LogP contribution in [0.15, 0.2) is 36.5 Å². The van der Waals surface area contributed by atoms with Gasteiger partial charge in [0, 0.05) is 31.2 Å². The first-order chi connectivity index (χ1) is 10.0. The molecule has 2 rings (SSSR count). The highest BCUT2D eigenvalue weighted by atomic mass is 16.2. The Morgan fingerprint density at radius 3 is 2.48 bits per heavy atom. The number of nitrogens with zero attached hydrogens (tertiary/aromatic N) is 2. The van der Waals surface area contributed by atoms with Crippen LogP contribution >= 0.6 is 0 Å². The second kappa shape index (κ2) is 6.39. The molecule has 1 heterocycles. The predicted molar refractivity (Wildman–Crippen MR) is 87.1 cm³/mol.